The Balaban J connectivity index is 2.88. The zero-order chi connectivity index (χ0) is 17.0. The van der Waals surface area contributed by atoms with Gasteiger partial charge in [0.2, 0.25) is 5.91 Å². The molecule has 1 aromatic rings. The summed E-state index contributed by atoms with van der Waals surface area (Å²) in [7, 11) is 0. The first kappa shape index (κ1) is 18.0. The second kappa shape index (κ2) is 6.81. The van der Waals surface area contributed by atoms with E-state index in [1.165, 1.54) is 0 Å². The second-order valence-electron chi connectivity index (χ2n) is 5.69. The Labute approximate surface area is 126 Å². The lowest BCUT2D eigenvalue weighted by molar-refractivity contribution is -0.215. The van der Waals surface area contributed by atoms with Gasteiger partial charge >= 0.3 is 12.1 Å². The van der Waals surface area contributed by atoms with E-state index in [9.17, 15) is 22.8 Å². The number of alkyl halides is 3. The van der Waals surface area contributed by atoms with Crippen LogP contribution in [0.3, 0.4) is 0 Å². The summed E-state index contributed by atoms with van der Waals surface area (Å²) in [4.78, 5) is 23.9. The summed E-state index contributed by atoms with van der Waals surface area (Å²) in [5.41, 5.74) is -1.56. The molecule has 0 fully saturated rings. The van der Waals surface area contributed by atoms with Crippen LogP contribution in [0.25, 0.3) is 0 Å². The Morgan fingerprint density at radius 1 is 1.14 bits per heavy atom. The van der Waals surface area contributed by atoms with Crippen LogP contribution >= 0.6 is 0 Å². The van der Waals surface area contributed by atoms with E-state index in [-0.39, 0.29) is 6.54 Å². The van der Waals surface area contributed by atoms with Gasteiger partial charge in [0.25, 0.3) is 0 Å². The van der Waals surface area contributed by atoms with E-state index < -0.39 is 36.4 Å². The minimum absolute atomic E-state index is 0.0418. The molecule has 22 heavy (non-hydrogen) atoms. The highest BCUT2D eigenvalue weighted by Crippen LogP contribution is 2.40. The number of aliphatic carboxylic acids is 1. The number of rotatable bonds is 6. The first-order chi connectivity index (χ1) is 10.0. The molecule has 0 atom stereocenters. The molecule has 0 unspecified atom stereocenters. The van der Waals surface area contributed by atoms with Crippen LogP contribution in [0.4, 0.5) is 13.2 Å². The second-order valence-corrected chi connectivity index (χ2v) is 5.69. The van der Waals surface area contributed by atoms with Gasteiger partial charge in [0.05, 0.1) is 5.41 Å². The Hall–Kier alpha value is -2.05. The molecule has 0 heterocycles. The molecule has 0 aliphatic rings. The molecule has 1 aromatic carbocycles. The smallest absolute Gasteiger partial charge is 0.394 e. The summed E-state index contributed by atoms with van der Waals surface area (Å²) < 4.78 is 38.6. The van der Waals surface area contributed by atoms with E-state index in [1.54, 1.807) is 30.3 Å². The molecule has 0 radical (unpaired) electrons. The van der Waals surface area contributed by atoms with Crippen molar-refractivity contribution < 1.29 is 27.9 Å². The number of hydrogen-bond donors (Lipinski definition) is 1. The van der Waals surface area contributed by atoms with Crippen molar-refractivity contribution >= 4 is 11.9 Å². The molecule has 1 rings (SSSR count). The first-order valence-corrected chi connectivity index (χ1v) is 6.63. The lowest BCUT2D eigenvalue weighted by Crippen LogP contribution is -2.41. The first-order valence-electron chi connectivity index (χ1n) is 6.63. The number of halogens is 3. The summed E-state index contributed by atoms with van der Waals surface area (Å²) in [5.74, 6) is -2.11. The molecular weight excluding hydrogens is 299 g/mol. The third-order valence-electron chi connectivity index (χ3n) is 3.26. The predicted molar refractivity (Wildman–Crippen MR) is 73.9 cm³/mol. The van der Waals surface area contributed by atoms with Crippen molar-refractivity contribution in [3.8, 4) is 0 Å². The van der Waals surface area contributed by atoms with Gasteiger partial charge in [0.1, 0.15) is 6.54 Å². The fourth-order valence-corrected chi connectivity index (χ4v) is 1.79. The topological polar surface area (TPSA) is 57.6 Å². The SMILES string of the molecule is CC(C)(CC(=O)N(CC(=O)O)Cc1ccccc1)C(F)(F)F. The lowest BCUT2D eigenvalue weighted by Gasteiger charge is -2.30. The average molecular weight is 317 g/mol. The zero-order valence-electron chi connectivity index (χ0n) is 12.4. The average Bonchev–Trinajstić information content (AvgIpc) is 2.36. The number of nitrogens with zero attached hydrogens (tertiary/aromatic N) is 1. The van der Waals surface area contributed by atoms with Crippen molar-refractivity contribution in [3.63, 3.8) is 0 Å². The summed E-state index contributed by atoms with van der Waals surface area (Å²) >= 11 is 0. The van der Waals surface area contributed by atoms with Gasteiger partial charge in [0, 0.05) is 13.0 Å². The predicted octanol–water partition coefficient (Wildman–Crippen LogP) is 3.08. The third-order valence-corrected chi connectivity index (χ3v) is 3.26. The monoisotopic (exact) mass is 317 g/mol. The standard InChI is InChI=1S/C15H18F3NO3/c1-14(2,15(16,17)18)8-12(20)19(10-13(21)22)9-11-6-4-3-5-7-11/h3-7H,8-10H2,1-2H3,(H,21,22). The number of amides is 1. The van der Waals surface area contributed by atoms with Gasteiger partial charge in [-0.25, -0.2) is 0 Å². The molecule has 0 bridgehead atoms. The molecule has 0 spiro atoms. The highest BCUT2D eigenvalue weighted by atomic mass is 19.4. The Morgan fingerprint density at radius 2 is 1.68 bits per heavy atom. The summed E-state index contributed by atoms with van der Waals surface area (Å²) in [6.45, 7) is 1.17. The lowest BCUT2D eigenvalue weighted by atomic mass is 9.88. The normalized spacial score (nSPS) is 12.0. The van der Waals surface area contributed by atoms with Gasteiger partial charge in [-0.1, -0.05) is 44.2 Å². The van der Waals surface area contributed by atoms with Crippen molar-refractivity contribution in [1.29, 1.82) is 0 Å². The van der Waals surface area contributed by atoms with Gasteiger partial charge in [-0.3, -0.25) is 9.59 Å². The molecular formula is C15H18F3NO3. The summed E-state index contributed by atoms with van der Waals surface area (Å²) in [6.07, 6.45) is -5.33. The van der Waals surface area contributed by atoms with Crippen molar-refractivity contribution in [2.75, 3.05) is 6.54 Å². The molecule has 1 amide bonds. The number of carbonyl (C=O) groups is 2. The highest BCUT2D eigenvalue weighted by Gasteiger charge is 2.48. The van der Waals surface area contributed by atoms with Crippen LogP contribution in [0.15, 0.2) is 30.3 Å². The molecule has 122 valence electrons. The molecule has 0 saturated heterocycles. The molecule has 4 nitrogen and oxygen atoms in total. The van der Waals surface area contributed by atoms with E-state index in [2.05, 4.69) is 0 Å². The number of carboxylic acid groups (broad SMARTS) is 1. The van der Waals surface area contributed by atoms with Crippen LogP contribution in [0.2, 0.25) is 0 Å². The Bertz CT molecular complexity index is 527. The molecule has 7 heteroatoms. The maximum atomic E-state index is 12.9. The van der Waals surface area contributed by atoms with Gasteiger partial charge in [-0.2, -0.15) is 13.2 Å². The number of carbonyl (C=O) groups excluding carboxylic acids is 1. The van der Waals surface area contributed by atoms with E-state index in [1.807, 2.05) is 0 Å². The zero-order valence-corrected chi connectivity index (χ0v) is 12.4. The van der Waals surface area contributed by atoms with Crippen LogP contribution in [0.1, 0.15) is 25.8 Å². The molecule has 1 N–H and O–H groups in total. The van der Waals surface area contributed by atoms with E-state index in [4.69, 9.17) is 5.11 Å². The number of carboxylic acids is 1. The van der Waals surface area contributed by atoms with Crippen LogP contribution in [-0.4, -0.2) is 34.6 Å². The Kier molecular flexibility index (Phi) is 5.57. The van der Waals surface area contributed by atoms with Crippen LogP contribution in [0.5, 0.6) is 0 Å². The maximum absolute atomic E-state index is 12.9. The number of hydrogen-bond acceptors (Lipinski definition) is 2. The fraction of sp³-hybridized carbons (Fsp3) is 0.467. The van der Waals surface area contributed by atoms with Crippen LogP contribution < -0.4 is 0 Å². The summed E-state index contributed by atoms with van der Waals surface area (Å²) in [6, 6.07) is 8.52. The molecule has 0 aliphatic carbocycles. The third kappa shape index (κ3) is 5.05. The van der Waals surface area contributed by atoms with Gasteiger partial charge in [-0.15, -0.1) is 0 Å². The van der Waals surface area contributed by atoms with E-state index in [0.717, 1.165) is 18.7 Å². The minimum atomic E-state index is -4.54. The van der Waals surface area contributed by atoms with Crippen molar-refractivity contribution in [2.45, 2.75) is 33.0 Å². The maximum Gasteiger partial charge on any atom is 0.394 e. The number of benzene rings is 1. The van der Waals surface area contributed by atoms with Gasteiger partial charge in [0.15, 0.2) is 0 Å². The Morgan fingerprint density at radius 3 is 2.14 bits per heavy atom. The van der Waals surface area contributed by atoms with Crippen molar-refractivity contribution in [1.82, 2.24) is 4.90 Å². The van der Waals surface area contributed by atoms with Gasteiger partial charge < -0.3 is 10.0 Å². The van der Waals surface area contributed by atoms with E-state index >= 15 is 0 Å². The van der Waals surface area contributed by atoms with Crippen molar-refractivity contribution in [2.24, 2.45) is 5.41 Å². The van der Waals surface area contributed by atoms with Crippen molar-refractivity contribution in [3.05, 3.63) is 35.9 Å². The van der Waals surface area contributed by atoms with Crippen LogP contribution in [-0.2, 0) is 16.1 Å². The summed E-state index contributed by atoms with van der Waals surface area (Å²) in [5, 5.41) is 8.85. The van der Waals surface area contributed by atoms with E-state index in [0.29, 0.717) is 5.56 Å². The minimum Gasteiger partial charge on any atom is -0.480 e. The largest absolute Gasteiger partial charge is 0.480 e. The molecule has 0 aliphatic heterocycles. The highest BCUT2D eigenvalue weighted by molar-refractivity contribution is 5.81. The molecule has 0 aromatic heterocycles. The van der Waals surface area contributed by atoms with Gasteiger partial charge in [-0.05, 0) is 5.56 Å². The van der Waals surface area contributed by atoms with Crippen LogP contribution in [0, 0.1) is 5.41 Å². The molecule has 0 saturated carbocycles. The quantitative estimate of drug-likeness (QED) is 0.877. The fourth-order valence-electron chi connectivity index (χ4n) is 1.79.